The van der Waals surface area contributed by atoms with Gasteiger partial charge >= 0.3 is 0 Å². The first-order chi connectivity index (χ1) is 9.74. The van der Waals surface area contributed by atoms with Crippen LogP contribution in [0.2, 0.25) is 0 Å². The van der Waals surface area contributed by atoms with E-state index in [0.29, 0.717) is 11.7 Å². The molecule has 0 atom stereocenters. The number of para-hydroxylation sites is 1. The standard InChI is InChI=1S/C15H18N4O/c1-11-6-2-5-9-13(11)16-15(20)14-10-19(18-17-14)12-7-3-4-8-12/h2,5-6,9-10,12H,3-4,7-8H2,1H3,(H,16,20). The minimum atomic E-state index is -0.205. The molecular formula is C15H18N4O. The first kappa shape index (κ1) is 12.8. The molecule has 0 saturated heterocycles. The molecule has 0 spiro atoms. The zero-order valence-electron chi connectivity index (χ0n) is 11.5. The average Bonchev–Trinajstić information content (AvgIpc) is 3.11. The smallest absolute Gasteiger partial charge is 0.277 e. The van der Waals surface area contributed by atoms with Gasteiger partial charge < -0.3 is 5.32 Å². The minimum absolute atomic E-state index is 0.205. The topological polar surface area (TPSA) is 59.8 Å². The van der Waals surface area contributed by atoms with Gasteiger partial charge in [0.05, 0.1) is 12.2 Å². The SMILES string of the molecule is Cc1ccccc1NC(=O)c1cn(C2CCCC2)nn1. The zero-order chi connectivity index (χ0) is 13.9. The Hall–Kier alpha value is -2.17. The zero-order valence-corrected chi connectivity index (χ0v) is 11.5. The molecule has 2 aromatic rings. The summed E-state index contributed by atoms with van der Waals surface area (Å²) in [4.78, 5) is 12.2. The summed E-state index contributed by atoms with van der Waals surface area (Å²) in [5, 5.41) is 11.0. The van der Waals surface area contributed by atoms with Crippen LogP contribution in [0.3, 0.4) is 0 Å². The average molecular weight is 270 g/mol. The molecule has 0 aliphatic heterocycles. The van der Waals surface area contributed by atoms with Crippen LogP contribution < -0.4 is 5.32 Å². The molecule has 5 nitrogen and oxygen atoms in total. The van der Waals surface area contributed by atoms with E-state index in [1.165, 1.54) is 12.8 Å². The Morgan fingerprint density at radius 2 is 2.05 bits per heavy atom. The number of rotatable bonds is 3. The van der Waals surface area contributed by atoms with Crippen molar-refractivity contribution in [2.75, 3.05) is 5.32 Å². The Labute approximate surface area is 118 Å². The number of aromatic nitrogens is 3. The first-order valence-electron chi connectivity index (χ1n) is 7.03. The fourth-order valence-electron chi connectivity index (χ4n) is 2.63. The van der Waals surface area contributed by atoms with Gasteiger partial charge in [0.2, 0.25) is 0 Å². The van der Waals surface area contributed by atoms with Crippen molar-refractivity contribution < 1.29 is 4.79 Å². The molecule has 1 aromatic carbocycles. The number of carbonyl (C=O) groups excluding carboxylic acids is 1. The fraction of sp³-hybridized carbons (Fsp3) is 0.400. The van der Waals surface area contributed by atoms with Crippen molar-refractivity contribution in [2.45, 2.75) is 38.6 Å². The lowest BCUT2D eigenvalue weighted by Gasteiger charge is -2.07. The highest BCUT2D eigenvalue weighted by Gasteiger charge is 2.20. The summed E-state index contributed by atoms with van der Waals surface area (Å²) in [5.41, 5.74) is 2.22. The van der Waals surface area contributed by atoms with Gasteiger partial charge in [-0.15, -0.1) is 5.10 Å². The van der Waals surface area contributed by atoms with Crippen LogP contribution in [-0.4, -0.2) is 20.9 Å². The summed E-state index contributed by atoms with van der Waals surface area (Å²) in [6.45, 7) is 1.96. The van der Waals surface area contributed by atoms with E-state index in [9.17, 15) is 4.79 Å². The van der Waals surface area contributed by atoms with Crippen molar-refractivity contribution in [2.24, 2.45) is 0 Å². The van der Waals surface area contributed by atoms with Crippen molar-refractivity contribution in [3.8, 4) is 0 Å². The Kier molecular flexibility index (Phi) is 3.50. The molecule has 1 saturated carbocycles. The number of benzene rings is 1. The summed E-state index contributed by atoms with van der Waals surface area (Å²) in [5.74, 6) is -0.205. The second kappa shape index (κ2) is 5.45. The van der Waals surface area contributed by atoms with Crippen molar-refractivity contribution in [1.29, 1.82) is 0 Å². The number of nitrogens with zero attached hydrogens (tertiary/aromatic N) is 3. The van der Waals surface area contributed by atoms with E-state index in [-0.39, 0.29) is 5.91 Å². The summed E-state index contributed by atoms with van der Waals surface area (Å²) < 4.78 is 1.83. The molecule has 20 heavy (non-hydrogen) atoms. The van der Waals surface area contributed by atoms with Gasteiger partial charge in [-0.3, -0.25) is 4.79 Å². The van der Waals surface area contributed by atoms with Crippen LogP contribution in [0.4, 0.5) is 5.69 Å². The highest BCUT2D eigenvalue weighted by atomic mass is 16.2. The van der Waals surface area contributed by atoms with Crippen molar-refractivity contribution in [3.63, 3.8) is 0 Å². The third-order valence-electron chi connectivity index (χ3n) is 3.84. The third kappa shape index (κ3) is 2.57. The predicted octanol–water partition coefficient (Wildman–Crippen LogP) is 2.95. The van der Waals surface area contributed by atoms with Crippen LogP contribution in [0.1, 0.15) is 47.8 Å². The van der Waals surface area contributed by atoms with E-state index in [1.807, 2.05) is 35.9 Å². The van der Waals surface area contributed by atoms with Crippen molar-refractivity contribution >= 4 is 11.6 Å². The van der Waals surface area contributed by atoms with Crippen LogP contribution in [0.15, 0.2) is 30.5 Å². The van der Waals surface area contributed by atoms with E-state index in [0.717, 1.165) is 24.1 Å². The highest BCUT2D eigenvalue weighted by Crippen LogP contribution is 2.28. The normalized spacial score (nSPS) is 15.4. The molecule has 104 valence electrons. The van der Waals surface area contributed by atoms with Crippen LogP contribution >= 0.6 is 0 Å². The van der Waals surface area contributed by atoms with Crippen LogP contribution in [-0.2, 0) is 0 Å². The lowest BCUT2D eigenvalue weighted by Crippen LogP contribution is -2.13. The quantitative estimate of drug-likeness (QED) is 0.932. The maximum absolute atomic E-state index is 12.2. The Morgan fingerprint density at radius 3 is 2.80 bits per heavy atom. The number of amides is 1. The lowest BCUT2D eigenvalue weighted by molar-refractivity contribution is 0.102. The second-order valence-corrected chi connectivity index (χ2v) is 5.29. The fourth-order valence-corrected chi connectivity index (χ4v) is 2.63. The van der Waals surface area contributed by atoms with Gasteiger partial charge in [-0.1, -0.05) is 36.3 Å². The Balaban J connectivity index is 1.73. The number of aryl methyl sites for hydroxylation is 1. The van der Waals surface area contributed by atoms with Gasteiger partial charge in [-0.05, 0) is 31.4 Å². The maximum Gasteiger partial charge on any atom is 0.277 e. The molecule has 1 amide bonds. The molecule has 1 N–H and O–H groups in total. The molecule has 1 aliphatic carbocycles. The van der Waals surface area contributed by atoms with Crippen LogP contribution in [0, 0.1) is 6.92 Å². The number of anilines is 1. The van der Waals surface area contributed by atoms with Gasteiger partial charge in [0.15, 0.2) is 5.69 Å². The Morgan fingerprint density at radius 1 is 1.30 bits per heavy atom. The van der Waals surface area contributed by atoms with Crippen LogP contribution in [0.5, 0.6) is 0 Å². The molecule has 1 aromatic heterocycles. The van der Waals surface area contributed by atoms with Crippen molar-refractivity contribution in [3.05, 3.63) is 41.7 Å². The summed E-state index contributed by atoms with van der Waals surface area (Å²) in [6, 6.07) is 8.10. The molecule has 1 fully saturated rings. The molecule has 0 unspecified atom stereocenters. The molecule has 0 radical (unpaired) electrons. The monoisotopic (exact) mass is 270 g/mol. The highest BCUT2D eigenvalue weighted by molar-refractivity contribution is 6.02. The molecule has 0 bridgehead atoms. The van der Waals surface area contributed by atoms with E-state index < -0.39 is 0 Å². The molecule has 1 aliphatic rings. The molecule has 3 rings (SSSR count). The Bertz CT molecular complexity index is 614. The summed E-state index contributed by atoms with van der Waals surface area (Å²) in [6.07, 6.45) is 6.47. The summed E-state index contributed by atoms with van der Waals surface area (Å²) in [7, 11) is 0. The summed E-state index contributed by atoms with van der Waals surface area (Å²) >= 11 is 0. The van der Waals surface area contributed by atoms with Gasteiger partial charge in [-0.25, -0.2) is 4.68 Å². The number of hydrogen-bond donors (Lipinski definition) is 1. The second-order valence-electron chi connectivity index (χ2n) is 5.29. The largest absolute Gasteiger partial charge is 0.320 e. The number of carbonyl (C=O) groups is 1. The van der Waals surface area contributed by atoms with Gasteiger partial charge in [0, 0.05) is 5.69 Å². The van der Waals surface area contributed by atoms with Gasteiger partial charge in [-0.2, -0.15) is 0 Å². The van der Waals surface area contributed by atoms with E-state index in [1.54, 1.807) is 6.20 Å². The lowest BCUT2D eigenvalue weighted by atomic mass is 10.2. The maximum atomic E-state index is 12.2. The molecule has 5 heteroatoms. The predicted molar refractivity (Wildman–Crippen MR) is 76.7 cm³/mol. The van der Waals surface area contributed by atoms with E-state index in [4.69, 9.17) is 0 Å². The van der Waals surface area contributed by atoms with E-state index >= 15 is 0 Å². The molecular weight excluding hydrogens is 252 g/mol. The van der Waals surface area contributed by atoms with Crippen molar-refractivity contribution in [1.82, 2.24) is 15.0 Å². The van der Waals surface area contributed by atoms with Gasteiger partial charge in [0.25, 0.3) is 5.91 Å². The minimum Gasteiger partial charge on any atom is -0.320 e. The third-order valence-corrected chi connectivity index (χ3v) is 3.84. The molecule has 1 heterocycles. The number of nitrogens with one attached hydrogen (secondary N) is 1. The number of hydrogen-bond acceptors (Lipinski definition) is 3. The van der Waals surface area contributed by atoms with Gasteiger partial charge in [0.1, 0.15) is 0 Å². The van der Waals surface area contributed by atoms with E-state index in [2.05, 4.69) is 15.6 Å². The van der Waals surface area contributed by atoms with Crippen LogP contribution in [0.25, 0.3) is 0 Å². The first-order valence-corrected chi connectivity index (χ1v) is 7.03.